The number of carbonyl (C=O) groups excluding carboxylic acids is 2. The fourth-order valence-electron chi connectivity index (χ4n) is 2.51. The van der Waals surface area contributed by atoms with Gasteiger partial charge in [-0.25, -0.2) is 4.39 Å². The number of rotatable bonds is 6. The topological polar surface area (TPSA) is 67.4 Å². The molecule has 0 spiro atoms. The Balaban J connectivity index is 1.59. The molecule has 1 atom stereocenters. The van der Waals surface area contributed by atoms with Gasteiger partial charge in [-0.2, -0.15) is 0 Å². The molecular weight excluding hydrogens is 430 g/mol. The molecule has 0 aliphatic rings. The average molecular weight is 447 g/mol. The van der Waals surface area contributed by atoms with Crippen molar-refractivity contribution in [3.63, 3.8) is 0 Å². The van der Waals surface area contributed by atoms with Gasteiger partial charge in [-0.1, -0.05) is 29.3 Å². The van der Waals surface area contributed by atoms with Gasteiger partial charge in [0.25, 0.3) is 11.8 Å². The number of benzene rings is 3. The summed E-state index contributed by atoms with van der Waals surface area (Å²) in [4.78, 5) is 24.6. The second kappa shape index (κ2) is 9.61. The van der Waals surface area contributed by atoms with Crippen LogP contribution in [-0.4, -0.2) is 17.9 Å². The third-order valence-corrected chi connectivity index (χ3v) is 4.65. The molecular formula is C22H17Cl2FN2O3. The molecule has 0 saturated carbocycles. The summed E-state index contributed by atoms with van der Waals surface area (Å²) in [5.74, 6) is -1.14. The van der Waals surface area contributed by atoms with Crippen LogP contribution in [0.5, 0.6) is 5.75 Å². The number of nitrogens with one attached hydrogen (secondary N) is 2. The lowest BCUT2D eigenvalue weighted by molar-refractivity contribution is -0.122. The summed E-state index contributed by atoms with van der Waals surface area (Å²) >= 11 is 11.5. The Morgan fingerprint density at radius 2 is 1.60 bits per heavy atom. The van der Waals surface area contributed by atoms with Crippen molar-refractivity contribution in [3.8, 4) is 5.75 Å². The number of halogens is 3. The molecule has 5 nitrogen and oxygen atoms in total. The normalized spacial score (nSPS) is 11.5. The van der Waals surface area contributed by atoms with Crippen LogP contribution < -0.4 is 15.4 Å². The minimum atomic E-state index is -0.777. The van der Waals surface area contributed by atoms with Gasteiger partial charge in [0.1, 0.15) is 5.75 Å². The standard InChI is InChI=1S/C22H17Cl2FN2O3/c1-13(21(28)26-16-9-7-15(23)8-10-16)30-17-11-5-14(6-12-17)22(29)27-19-4-2-3-18(24)20(19)25/h2-13H,1H3,(H,26,28)(H,27,29). The SMILES string of the molecule is CC(Oc1ccc(C(=O)Nc2cccc(Cl)c2F)cc1)C(=O)Nc1ccc(Cl)cc1. The second-order valence-corrected chi connectivity index (χ2v) is 7.18. The number of amides is 2. The molecule has 0 heterocycles. The van der Waals surface area contributed by atoms with Gasteiger partial charge in [0.05, 0.1) is 10.7 Å². The number of hydrogen-bond acceptors (Lipinski definition) is 3. The van der Waals surface area contributed by atoms with E-state index in [2.05, 4.69) is 10.6 Å². The highest BCUT2D eigenvalue weighted by molar-refractivity contribution is 6.31. The summed E-state index contributed by atoms with van der Waals surface area (Å²) in [6, 6.07) is 17.2. The summed E-state index contributed by atoms with van der Waals surface area (Å²) in [6.45, 7) is 1.60. The first-order chi connectivity index (χ1) is 14.3. The van der Waals surface area contributed by atoms with Gasteiger partial charge in [0, 0.05) is 16.3 Å². The van der Waals surface area contributed by atoms with Crippen LogP contribution in [0.4, 0.5) is 15.8 Å². The summed E-state index contributed by atoms with van der Waals surface area (Å²) in [5, 5.41) is 5.68. The van der Waals surface area contributed by atoms with Crippen molar-refractivity contribution in [3.05, 3.63) is 88.2 Å². The lowest BCUT2D eigenvalue weighted by Gasteiger charge is -2.15. The lowest BCUT2D eigenvalue weighted by atomic mass is 10.2. The van der Waals surface area contributed by atoms with Crippen LogP contribution in [-0.2, 0) is 4.79 Å². The second-order valence-electron chi connectivity index (χ2n) is 6.34. The fourth-order valence-corrected chi connectivity index (χ4v) is 2.81. The van der Waals surface area contributed by atoms with E-state index in [0.717, 1.165) is 0 Å². The first-order valence-corrected chi connectivity index (χ1v) is 9.67. The molecule has 2 amide bonds. The van der Waals surface area contributed by atoms with Crippen molar-refractivity contribution in [1.29, 1.82) is 0 Å². The van der Waals surface area contributed by atoms with E-state index in [1.54, 1.807) is 43.3 Å². The predicted molar refractivity (Wildman–Crippen MR) is 116 cm³/mol. The number of anilines is 2. The van der Waals surface area contributed by atoms with Crippen LogP contribution in [0.1, 0.15) is 17.3 Å². The average Bonchev–Trinajstić information content (AvgIpc) is 2.73. The molecule has 0 bridgehead atoms. The number of ether oxygens (including phenoxy) is 1. The molecule has 30 heavy (non-hydrogen) atoms. The molecule has 0 aromatic heterocycles. The first-order valence-electron chi connectivity index (χ1n) is 8.92. The maximum absolute atomic E-state index is 13.9. The highest BCUT2D eigenvalue weighted by atomic mass is 35.5. The Morgan fingerprint density at radius 1 is 0.933 bits per heavy atom. The van der Waals surface area contributed by atoms with E-state index in [-0.39, 0.29) is 16.6 Å². The summed E-state index contributed by atoms with van der Waals surface area (Å²) < 4.78 is 19.5. The summed E-state index contributed by atoms with van der Waals surface area (Å²) in [7, 11) is 0. The van der Waals surface area contributed by atoms with Crippen molar-refractivity contribution in [2.45, 2.75) is 13.0 Å². The maximum atomic E-state index is 13.9. The molecule has 0 aliphatic heterocycles. The van der Waals surface area contributed by atoms with Crippen molar-refractivity contribution < 1.29 is 18.7 Å². The van der Waals surface area contributed by atoms with Crippen LogP contribution in [0.15, 0.2) is 66.7 Å². The van der Waals surface area contributed by atoms with E-state index in [1.807, 2.05) is 0 Å². The summed E-state index contributed by atoms with van der Waals surface area (Å²) in [5.41, 5.74) is 0.875. The van der Waals surface area contributed by atoms with E-state index >= 15 is 0 Å². The van der Waals surface area contributed by atoms with Crippen molar-refractivity contribution in [2.75, 3.05) is 10.6 Å². The quantitative estimate of drug-likeness (QED) is 0.503. The van der Waals surface area contributed by atoms with E-state index in [4.69, 9.17) is 27.9 Å². The van der Waals surface area contributed by atoms with Gasteiger partial charge < -0.3 is 15.4 Å². The molecule has 1 unspecified atom stereocenters. The largest absolute Gasteiger partial charge is 0.481 e. The molecule has 3 rings (SSSR count). The zero-order chi connectivity index (χ0) is 21.7. The molecule has 3 aromatic carbocycles. The summed E-state index contributed by atoms with van der Waals surface area (Å²) in [6.07, 6.45) is -0.777. The maximum Gasteiger partial charge on any atom is 0.265 e. The highest BCUT2D eigenvalue weighted by Gasteiger charge is 2.16. The molecule has 0 aliphatic carbocycles. The first kappa shape index (κ1) is 21.6. The van der Waals surface area contributed by atoms with E-state index in [0.29, 0.717) is 22.0 Å². The van der Waals surface area contributed by atoms with Gasteiger partial charge >= 0.3 is 0 Å². The number of carbonyl (C=O) groups is 2. The Kier molecular flexibility index (Phi) is 6.92. The van der Waals surface area contributed by atoms with Crippen molar-refractivity contribution in [1.82, 2.24) is 0 Å². The Morgan fingerprint density at radius 3 is 2.27 bits per heavy atom. The zero-order valence-corrected chi connectivity index (χ0v) is 17.3. The highest BCUT2D eigenvalue weighted by Crippen LogP contribution is 2.23. The minimum absolute atomic E-state index is 0.0136. The smallest absolute Gasteiger partial charge is 0.265 e. The van der Waals surface area contributed by atoms with Crippen LogP contribution >= 0.6 is 23.2 Å². The molecule has 0 saturated heterocycles. The van der Waals surface area contributed by atoms with Crippen LogP contribution in [0.2, 0.25) is 10.0 Å². The Hall–Kier alpha value is -3.09. The van der Waals surface area contributed by atoms with E-state index in [1.165, 1.54) is 30.3 Å². The molecule has 2 N–H and O–H groups in total. The monoisotopic (exact) mass is 446 g/mol. The molecule has 154 valence electrons. The van der Waals surface area contributed by atoms with Gasteiger partial charge in [0.2, 0.25) is 0 Å². The van der Waals surface area contributed by atoms with Gasteiger partial charge in [-0.05, 0) is 67.6 Å². The van der Waals surface area contributed by atoms with Crippen LogP contribution in [0, 0.1) is 5.82 Å². The van der Waals surface area contributed by atoms with Crippen LogP contribution in [0.25, 0.3) is 0 Å². The van der Waals surface area contributed by atoms with Crippen molar-refractivity contribution in [2.24, 2.45) is 0 Å². The number of hydrogen-bond donors (Lipinski definition) is 2. The third kappa shape index (κ3) is 5.49. The fraction of sp³-hybridized carbons (Fsp3) is 0.0909. The molecule has 0 radical (unpaired) electrons. The Bertz CT molecular complexity index is 1060. The molecule has 3 aromatic rings. The van der Waals surface area contributed by atoms with Gasteiger partial charge in [-0.3, -0.25) is 9.59 Å². The predicted octanol–water partition coefficient (Wildman–Crippen LogP) is 5.79. The Labute approximate surface area is 182 Å². The minimum Gasteiger partial charge on any atom is -0.481 e. The third-order valence-electron chi connectivity index (χ3n) is 4.11. The van der Waals surface area contributed by atoms with Gasteiger partial charge in [0.15, 0.2) is 11.9 Å². The molecule has 0 fully saturated rings. The van der Waals surface area contributed by atoms with Crippen molar-refractivity contribution >= 4 is 46.4 Å². The molecule has 8 heteroatoms. The van der Waals surface area contributed by atoms with E-state index in [9.17, 15) is 14.0 Å². The van der Waals surface area contributed by atoms with Crippen LogP contribution in [0.3, 0.4) is 0 Å². The lowest BCUT2D eigenvalue weighted by Crippen LogP contribution is -2.30. The van der Waals surface area contributed by atoms with Gasteiger partial charge in [-0.15, -0.1) is 0 Å². The zero-order valence-electron chi connectivity index (χ0n) is 15.8. The van der Waals surface area contributed by atoms with E-state index < -0.39 is 17.8 Å².